The lowest BCUT2D eigenvalue weighted by atomic mass is 10.0. The maximum absolute atomic E-state index is 12.8. The predicted molar refractivity (Wildman–Crippen MR) is 275 cm³/mol. The van der Waals surface area contributed by atoms with E-state index < -0.39 is 6.10 Å². The Kier molecular flexibility index (Phi) is 50.4. The first-order valence-corrected chi connectivity index (χ1v) is 27.3. The molecule has 6 heteroatoms. The molecule has 1 atom stereocenters. The summed E-state index contributed by atoms with van der Waals surface area (Å²) in [5, 5.41) is 0. The quantitative estimate of drug-likeness (QED) is 0.0262. The average molecular weight is 895 g/mol. The molecule has 0 amide bonds. The van der Waals surface area contributed by atoms with Crippen LogP contribution in [0.2, 0.25) is 0 Å². The normalized spacial score (nSPS) is 12.5. The highest BCUT2D eigenvalue weighted by molar-refractivity contribution is 5.71. The smallest absolute Gasteiger partial charge is 0.306 e. The van der Waals surface area contributed by atoms with Crippen molar-refractivity contribution >= 4 is 17.9 Å². The van der Waals surface area contributed by atoms with E-state index in [2.05, 4.69) is 81.5 Å². The van der Waals surface area contributed by atoms with E-state index in [1.54, 1.807) is 0 Å². The first kappa shape index (κ1) is 61.1. The van der Waals surface area contributed by atoms with Crippen LogP contribution >= 0.6 is 0 Å². The summed E-state index contributed by atoms with van der Waals surface area (Å²) in [5.41, 5.74) is 0. The Morgan fingerprint density at radius 1 is 0.328 bits per heavy atom. The number of carbonyl (C=O) groups is 3. The van der Waals surface area contributed by atoms with Gasteiger partial charge < -0.3 is 14.2 Å². The molecule has 6 nitrogen and oxygen atoms in total. The largest absolute Gasteiger partial charge is 0.462 e. The standard InChI is InChI=1S/C58H102O6/c1-4-7-10-13-16-19-22-25-28-29-31-33-36-39-42-45-48-51-57(60)63-54-55(53-62-56(59)50-47-44-41-38-35-32-27-24-21-18-15-12-9-6-3)64-58(61)52-49-46-43-40-37-34-30-26-23-20-17-14-11-8-5-2/h7,10,16,19,25,28,31,33,39,42,55H,4-6,8-9,11-15,17-18,20-24,26-27,29-30,32,34-38,40-41,43-54H2,1-3H3/b10-7-,19-16-,28-25-,33-31-,42-39-. The van der Waals surface area contributed by atoms with Gasteiger partial charge in [-0.25, -0.2) is 0 Å². The van der Waals surface area contributed by atoms with E-state index >= 15 is 0 Å². The molecule has 370 valence electrons. The molecule has 0 rings (SSSR count). The summed E-state index contributed by atoms with van der Waals surface area (Å²) in [5.74, 6) is -0.938. The first-order chi connectivity index (χ1) is 31.5. The van der Waals surface area contributed by atoms with Crippen molar-refractivity contribution in [1.82, 2.24) is 0 Å². The van der Waals surface area contributed by atoms with Gasteiger partial charge in [-0.3, -0.25) is 14.4 Å². The molecule has 0 aromatic heterocycles. The molecule has 0 saturated carbocycles. The van der Waals surface area contributed by atoms with Crippen LogP contribution < -0.4 is 0 Å². The zero-order valence-electron chi connectivity index (χ0n) is 42.3. The second kappa shape index (κ2) is 52.7. The maximum Gasteiger partial charge on any atom is 0.306 e. The van der Waals surface area contributed by atoms with Crippen molar-refractivity contribution in [2.75, 3.05) is 13.2 Å². The highest BCUT2D eigenvalue weighted by Crippen LogP contribution is 2.16. The number of allylic oxidation sites excluding steroid dienone is 10. The van der Waals surface area contributed by atoms with Crippen molar-refractivity contribution in [2.24, 2.45) is 0 Å². The van der Waals surface area contributed by atoms with Crippen LogP contribution in [-0.2, 0) is 28.6 Å². The molecule has 0 aromatic rings. The van der Waals surface area contributed by atoms with Crippen molar-refractivity contribution in [3.63, 3.8) is 0 Å². The Bertz CT molecular complexity index is 1170. The second-order valence-electron chi connectivity index (χ2n) is 18.1. The molecule has 0 saturated heterocycles. The number of esters is 3. The molecule has 0 heterocycles. The highest BCUT2D eigenvalue weighted by atomic mass is 16.6. The van der Waals surface area contributed by atoms with Gasteiger partial charge in [0.1, 0.15) is 13.2 Å². The second-order valence-corrected chi connectivity index (χ2v) is 18.1. The molecule has 1 unspecified atom stereocenters. The van der Waals surface area contributed by atoms with Crippen molar-refractivity contribution < 1.29 is 28.6 Å². The molecule has 0 N–H and O–H groups in total. The van der Waals surface area contributed by atoms with Crippen LogP contribution in [-0.4, -0.2) is 37.2 Å². The third-order valence-electron chi connectivity index (χ3n) is 11.8. The Labute approximate surface area is 396 Å². The fourth-order valence-corrected chi connectivity index (χ4v) is 7.71. The van der Waals surface area contributed by atoms with E-state index in [1.807, 2.05) is 0 Å². The zero-order chi connectivity index (χ0) is 46.5. The van der Waals surface area contributed by atoms with Gasteiger partial charge in [0.25, 0.3) is 0 Å². The minimum absolute atomic E-state index is 0.0879. The van der Waals surface area contributed by atoms with Gasteiger partial charge in [-0.05, 0) is 57.8 Å². The molecule has 0 fully saturated rings. The number of unbranched alkanes of at least 4 members (excludes halogenated alkanes) is 28. The van der Waals surface area contributed by atoms with Crippen LogP contribution in [0.25, 0.3) is 0 Å². The van der Waals surface area contributed by atoms with Crippen LogP contribution in [0.4, 0.5) is 0 Å². The van der Waals surface area contributed by atoms with E-state index in [4.69, 9.17) is 14.2 Å². The van der Waals surface area contributed by atoms with Crippen molar-refractivity contribution in [2.45, 2.75) is 277 Å². The molecule has 0 aliphatic heterocycles. The van der Waals surface area contributed by atoms with E-state index in [-0.39, 0.29) is 37.5 Å². The van der Waals surface area contributed by atoms with Crippen molar-refractivity contribution in [3.8, 4) is 0 Å². The van der Waals surface area contributed by atoms with Gasteiger partial charge in [0.15, 0.2) is 6.10 Å². The number of ether oxygens (including phenoxy) is 3. The Balaban J connectivity index is 4.44. The number of carbonyl (C=O) groups excluding carboxylic acids is 3. The third-order valence-corrected chi connectivity index (χ3v) is 11.8. The van der Waals surface area contributed by atoms with Gasteiger partial charge in [0.2, 0.25) is 0 Å². The van der Waals surface area contributed by atoms with Gasteiger partial charge in [-0.15, -0.1) is 0 Å². The molecule has 0 aliphatic carbocycles. The average Bonchev–Trinajstić information content (AvgIpc) is 3.29. The number of hydrogen-bond acceptors (Lipinski definition) is 6. The lowest BCUT2D eigenvalue weighted by Gasteiger charge is -2.18. The van der Waals surface area contributed by atoms with Crippen molar-refractivity contribution in [1.29, 1.82) is 0 Å². The number of hydrogen-bond donors (Lipinski definition) is 0. The Hall–Kier alpha value is -2.89. The van der Waals surface area contributed by atoms with E-state index in [9.17, 15) is 14.4 Å². The zero-order valence-corrected chi connectivity index (χ0v) is 42.3. The molecule has 64 heavy (non-hydrogen) atoms. The molecule has 0 bridgehead atoms. The van der Waals surface area contributed by atoms with Gasteiger partial charge in [0.05, 0.1) is 0 Å². The van der Waals surface area contributed by atoms with Gasteiger partial charge in [-0.2, -0.15) is 0 Å². The summed E-state index contributed by atoms with van der Waals surface area (Å²) < 4.78 is 16.8. The monoisotopic (exact) mass is 895 g/mol. The topological polar surface area (TPSA) is 78.9 Å². The van der Waals surface area contributed by atoms with E-state index in [0.717, 1.165) is 77.0 Å². The minimum Gasteiger partial charge on any atom is -0.462 e. The summed E-state index contributed by atoms with van der Waals surface area (Å²) in [6, 6.07) is 0. The Morgan fingerprint density at radius 3 is 0.953 bits per heavy atom. The van der Waals surface area contributed by atoms with Crippen LogP contribution in [0.3, 0.4) is 0 Å². The molecule has 0 aromatic carbocycles. The summed E-state index contributed by atoms with van der Waals surface area (Å²) in [6.45, 7) is 6.50. The summed E-state index contributed by atoms with van der Waals surface area (Å²) >= 11 is 0. The molecule has 0 spiro atoms. The predicted octanol–water partition coefficient (Wildman–Crippen LogP) is 18.0. The fraction of sp³-hybridized carbons (Fsp3) is 0.776. The molecule has 0 radical (unpaired) electrons. The SMILES string of the molecule is CC/C=C\C/C=C\C/C=C\C/C=C\C/C=C\CCCC(=O)OCC(COC(=O)CCCCCCCCCCCCCCCC)OC(=O)CCCCCCCCCCCCCCCCC. The van der Waals surface area contributed by atoms with E-state index in [0.29, 0.717) is 19.3 Å². The lowest BCUT2D eigenvalue weighted by Crippen LogP contribution is -2.30. The first-order valence-electron chi connectivity index (χ1n) is 27.3. The van der Waals surface area contributed by atoms with Gasteiger partial charge in [-0.1, -0.05) is 255 Å². The minimum atomic E-state index is -0.793. The summed E-state index contributed by atoms with van der Waals surface area (Å²) in [7, 11) is 0. The van der Waals surface area contributed by atoms with Gasteiger partial charge >= 0.3 is 17.9 Å². The highest BCUT2D eigenvalue weighted by Gasteiger charge is 2.19. The molecule has 0 aliphatic rings. The van der Waals surface area contributed by atoms with Gasteiger partial charge in [0, 0.05) is 19.3 Å². The van der Waals surface area contributed by atoms with E-state index in [1.165, 1.54) is 148 Å². The molecular weight excluding hydrogens is 793 g/mol. The Morgan fingerprint density at radius 2 is 0.609 bits per heavy atom. The van der Waals surface area contributed by atoms with Crippen LogP contribution in [0.1, 0.15) is 271 Å². The van der Waals surface area contributed by atoms with Crippen LogP contribution in [0.15, 0.2) is 60.8 Å². The van der Waals surface area contributed by atoms with Crippen molar-refractivity contribution in [3.05, 3.63) is 60.8 Å². The fourth-order valence-electron chi connectivity index (χ4n) is 7.71. The summed E-state index contributed by atoms with van der Waals surface area (Å²) in [6.07, 6.45) is 64.9. The van der Waals surface area contributed by atoms with Crippen LogP contribution in [0.5, 0.6) is 0 Å². The molecular formula is C58H102O6. The third kappa shape index (κ3) is 50.1. The summed E-state index contributed by atoms with van der Waals surface area (Å²) in [4.78, 5) is 38.0. The number of rotatable bonds is 49. The van der Waals surface area contributed by atoms with Crippen LogP contribution in [0, 0.1) is 0 Å². The lowest BCUT2D eigenvalue weighted by molar-refractivity contribution is -0.167. The maximum atomic E-state index is 12.8.